The Morgan fingerprint density at radius 1 is 1.32 bits per heavy atom. The molecule has 0 aliphatic carbocycles. The van der Waals surface area contributed by atoms with Crippen molar-refractivity contribution >= 4 is 11.0 Å². The summed E-state index contributed by atoms with van der Waals surface area (Å²) in [5.74, 6) is 0.657. The smallest absolute Gasteiger partial charge is 0.323 e. The Morgan fingerprint density at radius 2 is 2.16 bits per heavy atom. The molecule has 5 heteroatoms. The van der Waals surface area contributed by atoms with Crippen molar-refractivity contribution in [1.82, 2.24) is 15.3 Å². The summed E-state index contributed by atoms with van der Waals surface area (Å²) in [6.45, 7) is 2.19. The molecule has 3 rings (SSSR count). The van der Waals surface area contributed by atoms with Gasteiger partial charge in [0, 0.05) is 6.04 Å². The number of fused-ring (bicyclic) bond motifs is 1. The molecule has 0 spiro atoms. The fourth-order valence-electron chi connectivity index (χ4n) is 2.90. The first kappa shape index (κ1) is 12.4. The van der Waals surface area contributed by atoms with Gasteiger partial charge in [-0.05, 0) is 56.0 Å². The highest BCUT2D eigenvalue weighted by atomic mass is 16.1. The van der Waals surface area contributed by atoms with E-state index in [0.29, 0.717) is 5.92 Å². The number of rotatable bonds is 3. The molecule has 0 saturated carbocycles. The second-order valence-electron chi connectivity index (χ2n) is 5.44. The number of nitrogens with two attached hydrogens (primary N) is 1. The lowest BCUT2D eigenvalue weighted by atomic mass is 9.90. The highest BCUT2D eigenvalue weighted by Crippen LogP contribution is 2.24. The summed E-state index contributed by atoms with van der Waals surface area (Å²) in [4.78, 5) is 16.8. The number of piperidine rings is 1. The van der Waals surface area contributed by atoms with Crippen LogP contribution in [0.3, 0.4) is 0 Å². The van der Waals surface area contributed by atoms with E-state index < -0.39 is 0 Å². The number of hydrogen-bond acceptors (Lipinski definition) is 3. The molecule has 19 heavy (non-hydrogen) atoms. The normalized spacial score (nSPS) is 21.6. The molecular formula is C14H20N4O. The van der Waals surface area contributed by atoms with Gasteiger partial charge < -0.3 is 21.0 Å². The molecule has 1 aromatic carbocycles. The fourth-order valence-corrected chi connectivity index (χ4v) is 2.90. The molecule has 1 aromatic heterocycles. The van der Waals surface area contributed by atoms with Crippen LogP contribution in [0.5, 0.6) is 0 Å². The van der Waals surface area contributed by atoms with Crippen LogP contribution in [0.25, 0.3) is 11.0 Å². The third-order valence-electron chi connectivity index (χ3n) is 3.95. The van der Waals surface area contributed by atoms with Crippen molar-refractivity contribution in [3.8, 4) is 0 Å². The van der Waals surface area contributed by atoms with E-state index in [1.54, 1.807) is 0 Å². The van der Waals surface area contributed by atoms with E-state index in [9.17, 15) is 4.79 Å². The van der Waals surface area contributed by atoms with Gasteiger partial charge in [-0.2, -0.15) is 0 Å². The minimum Gasteiger partial charge on any atom is -0.324 e. The van der Waals surface area contributed by atoms with Crippen molar-refractivity contribution in [2.45, 2.75) is 25.3 Å². The molecule has 1 aliphatic rings. The van der Waals surface area contributed by atoms with E-state index in [1.165, 1.54) is 12.8 Å². The first-order chi connectivity index (χ1) is 9.22. The van der Waals surface area contributed by atoms with Crippen molar-refractivity contribution in [1.29, 1.82) is 0 Å². The Labute approximate surface area is 111 Å². The summed E-state index contributed by atoms with van der Waals surface area (Å²) in [7, 11) is 0. The van der Waals surface area contributed by atoms with Crippen LogP contribution in [0.2, 0.25) is 0 Å². The second kappa shape index (κ2) is 5.19. The monoisotopic (exact) mass is 260 g/mol. The molecule has 5 N–H and O–H groups in total. The molecule has 1 fully saturated rings. The summed E-state index contributed by atoms with van der Waals surface area (Å²) in [5, 5.41) is 3.42. The van der Waals surface area contributed by atoms with Crippen molar-refractivity contribution in [3.05, 3.63) is 34.2 Å². The maximum atomic E-state index is 11.2. The molecular weight excluding hydrogens is 240 g/mol. The summed E-state index contributed by atoms with van der Waals surface area (Å²) < 4.78 is 0. The average molecular weight is 260 g/mol. The number of hydrogen-bond donors (Lipinski definition) is 4. The van der Waals surface area contributed by atoms with Gasteiger partial charge in [0.05, 0.1) is 11.0 Å². The number of aromatic nitrogens is 2. The first-order valence-corrected chi connectivity index (χ1v) is 6.90. The SMILES string of the molecule is NC(CC1CCCNC1)c1ccc2[nH]c(=O)[nH]c2c1. The zero-order valence-corrected chi connectivity index (χ0v) is 10.9. The molecule has 2 aromatic rings. The topological polar surface area (TPSA) is 86.7 Å². The summed E-state index contributed by atoms with van der Waals surface area (Å²) in [5.41, 5.74) is 8.88. The van der Waals surface area contributed by atoms with Crippen LogP contribution >= 0.6 is 0 Å². The van der Waals surface area contributed by atoms with Crippen LogP contribution in [0.1, 0.15) is 30.9 Å². The predicted molar refractivity (Wildman–Crippen MR) is 76.1 cm³/mol. The lowest BCUT2D eigenvalue weighted by Crippen LogP contribution is -2.31. The molecule has 2 heterocycles. The molecule has 1 saturated heterocycles. The molecule has 102 valence electrons. The molecule has 2 atom stereocenters. The van der Waals surface area contributed by atoms with Gasteiger partial charge in [-0.25, -0.2) is 4.79 Å². The standard InChI is InChI=1S/C14H20N4O/c15-11(6-9-2-1-5-16-8-9)10-3-4-12-13(7-10)18-14(19)17-12/h3-4,7,9,11,16H,1-2,5-6,8,15H2,(H2,17,18,19). The number of aromatic amines is 2. The average Bonchev–Trinajstić information content (AvgIpc) is 2.78. The van der Waals surface area contributed by atoms with Crippen LogP contribution in [0.15, 0.2) is 23.0 Å². The van der Waals surface area contributed by atoms with Crippen LogP contribution in [-0.4, -0.2) is 23.1 Å². The highest BCUT2D eigenvalue weighted by Gasteiger charge is 2.17. The molecule has 2 unspecified atom stereocenters. The van der Waals surface area contributed by atoms with Crippen molar-refractivity contribution in [2.24, 2.45) is 11.7 Å². The van der Waals surface area contributed by atoms with Gasteiger partial charge in [0.2, 0.25) is 0 Å². The first-order valence-electron chi connectivity index (χ1n) is 6.90. The minimum atomic E-state index is -0.169. The maximum absolute atomic E-state index is 11.2. The van der Waals surface area contributed by atoms with E-state index in [0.717, 1.165) is 36.1 Å². The summed E-state index contributed by atoms with van der Waals surface area (Å²) in [6, 6.07) is 5.94. The van der Waals surface area contributed by atoms with Gasteiger partial charge in [-0.3, -0.25) is 0 Å². The lowest BCUT2D eigenvalue weighted by Gasteiger charge is -2.25. The van der Waals surface area contributed by atoms with E-state index in [2.05, 4.69) is 15.3 Å². The molecule has 5 nitrogen and oxygen atoms in total. The summed E-state index contributed by atoms with van der Waals surface area (Å²) in [6.07, 6.45) is 3.48. The van der Waals surface area contributed by atoms with E-state index >= 15 is 0 Å². The Hall–Kier alpha value is -1.59. The number of nitrogens with one attached hydrogen (secondary N) is 3. The zero-order valence-electron chi connectivity index (χ0n) is 10.9. The van der Waals surface area contributed by atoms with Crippen molar-refractivity contribution in [2.75, 3.05) is 13.1 Å². The van der Waals surface area contributed by atoms with E-state index in [1.807, 2.05) is 18.2 Å². The number of benzene rings is 1. The Morgan fingerprint density at radius 3 is 2.95 bits per heavy atom. The number of imidazole rings is 1. The van der Waals surface area contributed by atoms with E-state index in [-0.39, 0.29) is 11.7 Å². The van der Waals surface area contributed by atoms with Gasteiger partial charge in [0.25, 0.3) is 0 Å². The molecule has 0 bridgehead atoms. The van der Waals surface area contributed by atoms with Gasteiger partial charge in [-0.15, -0.1) is 0 Å². The van der Waals surface area contributed by atoms with Gasteiger partial charge in [0.15, 0.2) is 0 Å². The highest BCUT2D eigenvalue weighted by molar-refractivity contribution is 5.75. The van der Waals surface area contributed by atoms with Crippen molar-refractivity contribution < 1.29 is 0 Å². The fraction of sp³-hybridized carbons (Fsp3) is 0.500. The quantitative estimate of drug-likeness (QED) is 0.670. The Bertz CT molecular complexity index is 609. The van der Waals surface area contributed by atoms with Gasteiger partial charge >= 0.3 is 5.69 Å². The zero-order chi connectivity index (χ0) is 13.2. The van der Waals surface area contributed by atoms with Crippen molar-refractivity contribution in [3.63, 3.8) is 0 Å². The summed E-state index contributed by atoms with van der Waals surface area (Å²) >= 11 is 0. The van der Waals surface area contributed by atoms with Crippen LogP contribution in [0, 0.1) is 5.92 Å². The third kappa shape index (κ3) is 2.72. The molecule has 0 amide bonds. The number of H-pyrrole nitrogens is 2. The van der Waals surface area contributed by atoms with Crippen LogP contribution < -0.4 is 16.7 Å². The predicted octanol–water partition coefficient (Wildman–Crippen LogP) is 1.25. The van der Waals surface area contributed by atoms with E-state index in [4.69, 9.17) is 5.73 Å². The van der Waals surface area contributed by atoms with Crippen LogP contribution in [0.4, 0.5) is 0 Å². The lowest BCUT2D eigenvalue weighted by molar-refractivity contribution is 0.337. The Kier molecular flexibility index (Phi) is 3.40. The maximum Gasteiger partial charge on any atom is 0.323 e. The largest absolute Gasteiger partial charge is 0.324 e. The second-order valence-corrected chi connectivity index (χ2v) is 5.44. The molecule has 0 radical (unpaired) electrons. The Balaban J connectivity index is 1.76. The van der Waals surface area contributed by atoms with Gasteiger partial charge in [-0.1, -0.05) is 6.07 Å². The van der Waals surface area contributed by atoms with Crippen LogP contribution in [-0.2, 0) is 0 Å². The third-order valence-corrected chi connectivity index (χ3v) is 3.95. The minimum absolute atomic E-state index is 0.0349. The molecule has 1 aliphatic heterocycles. The van der Waals surface area contributed by atoms with Gasteiger partial charge in [0.1, 0.15) is 0 Å².